The Morgan fingerprint density at radius 3 is 1.91 bits per heavy atom. The molecular weight excluding hydrogens is 463 g/mol. The van der Waals surface area contributed by atoms with E-state index >= 15 is 0 Å². The summed E-state index contributed by atoms with van der Waals surface area (Å²) in [5, 5.41) is 10.9. The van der Waals surface area contributed by atoms with Crippen LogP contribution in [0.2, 0.25) is 0 Å². The second-order valence-corrected chi connectivity index (χ2v) is 7.72. The molecule has 0 amide bonds. The number of nitrogens with one attached hydrogen (secondary N) is 4. The summed E-state index contributed by atoms with van der Waals surface area (Å²) in [5.74, 6) is 0.0500. The number of aromatic amines is 4. The second kappa shape index (κ2) is 10.5. The molecule has 34 heavy (non-hydrogen) atoms. The number of aryl methyl sites for hydroxylation is 2. The first kappa shape index (κ1) is 24.9. The van der Waals surface area contributed by atoms with Crippen molar-refractivity contribution in [2.45, 2.75) is 33.3 Å². The van der Waals surface area contributed by atoms with Gasteiger partial charge in [-0.25, -0.2) is 4.39 Å². The molecule has 2 aromatic heterocycles. The highest BCUT2D eigenvalue weighted by molar-refractivity contribution is 5.85. The van der Waals surface area contributed by atoms with Crippen LogP contribution in [0.3, 0.4) is 0 Å². The first-order valence-electron chi connectivity index (χ1n) is 10.6. The molecule has 0 radical (unpaired) electrons. The molecule has 0 saturated heterocycles. The van der Waals surface area contributed by atoms with Gasteiger partial charge in [0.15, 0.2) is 11.5 Å². The van der Waals surface area contributed by atoms with E-state index in [2.05, 4.69) is 20.4 Å². The predicted octanol–water partition coefficient (Wildman–Crippen LogP) is 4.06. The fourth-order valence-corrected chi connectivity index (χ4v) is 3.92. The topological polar surface area (TPSA) is 116 Å². The summed E-state index contributed by atoms with van der Waals surface area (Å²) in [6.07, 6.45) is 0. The number of ether oxygens (including phenoxy) is 2. The SMILES string of the molecule is CCOc1cc(C(c2c(C)[nH][nH]c2=O)c2c(C)[nH][nH]c2=O)ccc1OCc1ccc(F)cc1.Cl. The average molecular weight is 489 g/mol. The fourth-order valence-electron chi connectivity index (χ4n) is 3.92. The van der Waals surface area contributed by atoms with Crippen LogP contribution in [0.5, 0.6) is 11.5 Å². The van der Waals surface area contributed by atoms with E-state index in [9.17, 15) is 14.0 Å². The van der Waals surface area contributed by atoms with Gasteiger partial charge in [0.25, 0.3) is 11.1 Å². The van der Waals surface area contributed by atoms with Crippen LogP contribution < -0.4 is 20.6 Å². The molecule has 4 N–H and O–H groups in total. The zero-order valence-electron chi connectivity index (χ0n) is 19.0. The smallest absolute Gasteiger partial charge is 0.268 e. The van der Waals surface area contributed by atoms with Crippen LogP contribution in [0.15, 0.2) is 52.1 Å². The van der Waals surface area contributed by atoms with E-state index in [1.165, 1.54) is 12.1 Å². The molecule has 4 aromatic rings. The zero-order chi connectivity index (χ0) is 23.5. The Bertz CT molecular complexity index is 1320. The van der Waals surface area contributed by atoms with Crippen molar-refractivity contribution in [2.75, 3.05) is 6.61 Å². The molecule has 2 heterocycles. The monoisotopic (exact) mass is 488 g/mol. The predicted molar refractivity (Wildman–Crippen MR) is 129 cm³/mol. The summed E-state index contributed by atoms with van der Waals surface area (Å²) in [6.45, 7) is 6.04. The number of H-pyrrole nitrogens is 4. The quantitative estimate of drug-likeness (QED) is 0.299. The molecule has 2 aromatic carbocycles. The van der Waals surface area contributed by atoms with Crippen LogP contribution in [-0.2, 0) is 6.61 Å². The highest BCUT2D eigenvalue weighted by Crippen LogP contribution is 2.37. The Morgan fingerprint density at radius 2 is 1.41 bits per heavy atom. The van der Waals surface area contributed by atoms with Crippen molar-refractivity contribution >= 4 is 12.4 Å². The van der Waals surface area contributed by atoms with E-state index in [-0.39, 0.29) is 35.9 Å². The first-order valence-corrected chi connectivity index (χ1v) is 10.6. The Morgan fingerprint density at radius 1 is 0.824 bits per heavy atom. The van der Waals surface area contributed by atoms with Crippen LogP contribution in [0.1, 0.15) is 46.5 Å². The van der Waals surface area contributed by atoms with Crippen molar-refractivity contribution in [1.82, 2.24) is 20.4 Å². The van der Waals surface area contributed by atoms with E-state index in [0.717, 1.165) is 5.56 Å². The van der Waals surface area contributed by atoms with Crippen molar-refractivity contribution < 1.29 is 13.9 Å². The lowest BCUT2D eigenvalue weighted by Gasteiger charge is -2.19. The van der Waals surface area contributed by atoms with Crippen molar-refractivity contribution in [3.05, 3.63) is 103 Å². The van der Waals surface area contributed by atoms with Gasteiger partial charge in [0.05, 0.1) is 17.7 Å². The summed E-state index contributed by atoms with van der Waals surface area (Å²) >= 11 is 0. The molecule has 0 fully saturated rings. The Labute approximate surface area is 200 Å². The van der Waals surface area contributed by atoms with E-state index in [0.29, 0.717) is 46.2 Å². The number of halogens is 2. The van der Waals surface area contributed by atoms with E-state index in [1.54, 1.807) is 38.1 Å². The number of hydrogen-bond donors (Lipinski definition) is 4. The molecule has 0 aliphatic rings. The van der Waals surface area contributed by atoms with Gasteiger partial charge in [0.1, 0.15) is 12.4 Å². The summed E-state index contributed by atoms with van der Waals surface area (Å²) in [6, 6.07) is 11.4. The van der Waals surface area contributed by atoms with Crippen molar-refractivity contribution in [1.29, 1.82) is 0 Å². The summed E-state index contributed by atoms with van der Waals surface area (Å²) in [7, 11) is 0. The Hall–Kier alpha value is -3.72. The van der Waals surface area contributed by atoms with E-state index in [4.69, 9.17) is 9.47 Å². The number of aromatic nitrogens is 4. The van der Waals surface area contributed by atoms with Gasteiger partial charge in [0.2, 0.25) is 0 Å². The minimum atomic E-state index is -0.625. The third kappa shape index (κ3) is 4.94. The third-order valence-corrected chi connectivity index (χ3v) is 5.51. The molecule has 0 bridgehead atoms. The number of benzene rings is 2. The lowest BCUT2D eigenvalue weighted by molar-refractivity contribution is 0.269. The maximum absolute atomic E-state index is 13.2. The van der Waals surface area contributed by atoms with Gasteiger partial charge in [-0.05, 0) is 56.2 Å². The molecule has 8 nitrogen and oxygen atoms in total. The minimum Gasteiger partial charge on any atom is -0.490 e. The Balaban J connectivity index is 0.00000324. The molecule has 180 valence electrons. The molecule has 0 atom stereocenters. The lowest BCUT2D eigenvalue weighted by Crippen LogP contribution is -2.20. The molecule has 0 unspecified atom stereocenters. The fraction of sp³-hybridized carbons (Fsp3) is 0.250. The van der Waals surface area contributed by atoms with Crippen molar-refractivity contribution in [3.8, 4) is 11.5 Å². The third-order valence-electron chi connectivity index (χ3n) is 5.51. The molecule has 0 aliphatic carbocycles. The molecule has 10 heteroatoms. The maximum Gasteiger partial charge on any atom is 0.268 e. The zero-order valence-corrected chi connectivity index (χ0v) is 19.8. The van der Waals surface area contributed by atoms with Gasteiger partial charge < -0.3 is 19.7 Å². The summed E-state index contributed by atoms with van der Waals surface area (Å²) in [4.78, 5) is 25.3. The molecule has 0 aliphatic heterocycles. The number of rotatable bonds is 8. The van der Waals surface area contributed by atoms with Gasteiger partial charge in [-0.2, -0.15) is 0 Å². The molecular formula is C24H26ClFN4O4. The lowest BCUT2D eigenvalue weighted by atomic mass is 9.85. The highest BCUT2D eigenvalue weighted by atomic mass is 35.5. The summed E-state index contributed by atoms with van der Waals surface area (Å²) in [5.41, 5.74) is 3.09. The standard InChI is InChI=1S/C24H25FN4O4.ClH/c1-4-32-19-11-16(7-10-18(19)33-12-15-5-8-17(25)9-6-15)22(20-13(2)26-28-23(20)30)21-14(3)27-29-24(21)31;/h5-11,22H,4,12H2,1-3H3,(H2,26,28,30)(H2,27,29,31);1H. The average Bonchev–Trinajstić information content (AvgIpc) is 3.31. The van der Waals surface area contributed by atoms with Gasteiger partial charge in [-0.1, -0.05) is 18.2 Å². The Kier molecular flexibility index (Phi) is 7.68. The van der Waals surface area contributed by atoms with Gasteiger partial charge in [-0.3, -0.25) is 19.8 Å². The largest absolute Gasteiger partial charge is 0.490 e. The van der Waals surface area contributed by atoms with Crippen molar-refractivity contribution in [2.24, 2.45) is 0 Å². The normalized spacial score (nSPS) is 10.9. The molecule has 4 rings (SSSR count). The van der Waals surface area contributed by atoms with Crippen LogP contribution >= 0.6 is 12.4 Å². The number of hydrogen-bond acceptors (Lipinski definition) is 4. The van der Waals surface area contributed by atoms with Crippen LogP contribution in [-0.4, -0.2) is 27.0 Å². The van der Waals surface area contributed by atoms with Gasteiger partial charge in [0, 0.05) is 17.3 Å². The molecule has 0 saturated carbocycles. The van der Waals surface area contributed by atoms with Crippen molar-refractivity contribution in [3.63, 3.8) is 0 Å². The van der Waals surface area contributed by atoms with E-state index < -0.39 is 5.92 Å². The van der Waals surface area contributed by atoms with Crippen LogP contribution in [0.4, 0.5) is 4.39 Å². The van der Waals surface area contributed by atoms with E-state index in [1.807, 2.05) is 13.0 Å². The van der Waals surface area contributed by atoms with Gasteiger partial charge >= 0.3 is 0 Å². The summed E-state index contributed by atoms with van der Waals surface area (Å²) < 4.78 is 24.9. The van der Waals surface area contributed by atoms with Crippen LogP contribution in [0.25, 0.3) is 0 Å². The van der Waals surface area contributed by atoms with Gasteiger partial charge in [-0.15, -0.1) is 12.4 Å². The highest BCUT2D eigenvalue weighted by Gasteiger charge is 2.29. The molecule has 0 spiro atoms. The minimum absolute atomic E-state index is 0. The first-order chi connectivity index (χ1) is 15.9. The van der Waals surface area contributed by atoms with Crippen LogP contribution in [0, 0.1) is 19.7 Å². The maximum atomic E-state index is 13.2. The second-order valence-electron chi connectivity index (χ2n) is 7.72.